The van der Waals surface area contributed by atoms with E-state index in [2.05, 4.69) is 36.2 Å². The third kappa shape index (κ3) is 4.78. The van der Waals surface area contributed by atoms with E-state index in [0.29, 0.717) is 19.1 Å². The summed E-state index contributed by atoms with van der Waals surface area (Å²) >= 11 is 0. The summed E-state index contributed by atoms with van der Waals surface area (Å²) in [5, 5.41) is 0. The maximum atomic E-state index is 6.03. The predicted molar refractivity (Wildman–Crippen MR) is 85.1 cm³/mol. The number of ether oxygens (including phenoxy) is 2. The minimum absolute atomic E-state index is 0.253. The Bertz CT molecular complexity index is 419. The van der Waals surface area contributed by atoms with Crippen LogP contribution in [0.5, 0.6) is 0 Å². The summed E-state index contributed by atoms with van der Waals surface area (Å²) in [6.45, 7) is 4.10. The van der Waals surface area contributed by atoms with Crippen LogP contribution in [0.15, 0.2) is 24.3 Å². The molecule has 0 radical (unpaired) electrons. The van der Waals surface area contributed by atoms with Crippen LogP contribution in [-0.4, -0.2) is 45.4 Å². The average Bonchev–Trinajstić information content (AvgIpc) is 2.50. The second-order valence-corrected chi connectivity index (χ2v) is 5.95. The molecule has 2 N–H and O–H groups in total. The second-order valence-electron chi connectivity index (χ2n) is 5.95. The Labute approximate surface area is 128 Å². The Balaban J connectivity index is 2.01. The van der Waals surface area contributed by atoms with Crippen LogP contribution in [0, 0.1) is 5.92 Å². The van der Waals surface area contributed by atoms with Crippen LogP contribution >= 0.6 is 0 Å². The van der Waals surface area contributed by atoms with Gasteiger partial charge in [-0.25, -0.2) is 0 Å². The van der Waals surface area contributed by atoms with Gasteiger partial charge < -0.3 is 15.2 Å². The van der Waals surface area contributed by atoms with Crippen LogP contribution < -0.4 is 5.73 Å². The van der Waals surface area contributed by atoms with E-state index in [0.717, 1.165) is 19.8 Å². The van der Waals surface area contributed by atoms with Gasteiger partial charge in [0, 0.05) is 32.8 Å². The summed E-state index contributed by atoms with van der Waals surface area (Å²) in [6, 6.07) is 8.79. The number of nitrogens with zero attached hydrogens (tertiary/aromatic N) is 1. The molecule has 1 aliphatic heterocycles. The first-order chi connectivity index (χ1) is 10.2. The Kier molecular flexibility index (Phi) is 6.64. The zero-order valence-corrected chi connectivity index (χ0v) is 13.3. The van der Waals surface area contributed by atoms with Gasteiger partial charge in [-0.1, -0.05) is 24.3 Å². The van der Waals surface area contributed by atoms with Gasteiger partial charge in [-0.3, -0.25) is 4.90 Å². The molecular formula is C17H28N2O2. The summed E-state index contributed by atoms with van der Waals surface area (Å²) in [5.74, 6) is 0.625. The fourth-order valence-electron chi connectivity index (χ4n) is 3.11. The Morgan fingerprint density at radius 2 is 2.33 bits per heavy atom. The van der Waals surface area contributed by atoms with E-state index in [1.165, 1.54) is 24.0 Å². The third-order valence-corrected chi connectivity index (χ3v) is 4.20. The highest BCUT2D eigenvalue weighted by molar-refractivity contribution is 5.26. The molecule has 0 aromatic heterocycles. The van der Waals surface area contributed by atoms with Crippen molar-refractivity contribution >= 4 is 0 Å². The molecule has 21 heavy (non-hydrogen) atoms. The molecule has 1 saturated heterocycles. The van der Waals surface area contributed by atoms with Gasteiger partial charge in [0.1, 0.15) is 0 Å². The monoisotopic (exact) mass is 292 g/mol. The Morgan fingerprint density at radius 1 is 1.48 bits per heavy atom. The van der Waals surface area contributed by atoms with E-state index in [1.807, 2.05) is 0 Å². The van der Waals surface area contributed by atoms with Crippen LogP contribution in [0.1, 0.15) is 30.0 Å². The molecular weight excluding hydrogens is 264 g/mol. The van der Waals surface area contributed by atoms with Crippen molar-refractivity contribution in [2.24, 2.45) is 11.7 Å². The quantitative estimate of drug-likeness (QED) is 0.837. The van der Waals surface area contributed by atoms with Crippen LogP contribution in [0.3, 0.4) is 0 Å². The minimum Gasteiger partial charge on any atom is -0.381 e. The second kappa shape index (κ2) is 8.49. The third-order valence-electron chi connectivity index (χ3n) is 4.20. The van der Waals surface area contributed by atoms with Gasteiger partial charge in [-0.15, -0.1) is 0 Å². The molecule has 1 fully saturated rings. The van der Waals surface area contributed by atoms with Crippen molar-refractivity contribution in [3.8, 4) is 0 Å². The largest absolute Gasteiger partial charge is 0.381 e. The lowest BCUT2D eigenvalue weighted by atomic mass is 9.98. The summed E-state index contributed by atoms with van der Waals surface area (Å²) in [4.78, 5) is 2.37. The fraction of sp³-hybridized carbons (Fsp3) is 0.647. The number of likely N-dealkylation sites (N-methyl/N-ethyl adjacent to an activating group) is 1. The molecule has 4 nitrogen and oxygen atoms in total. The molecule has 1 heterocycles. The highest BCUT2D eigenvalue weighted by Gasteiger charge is 2.21. The Hall–Kier alpha value is -0.940. The Morgan fingerprint density at radius 3 is 3.00 bits per heavy atom. The van der Waals surface area contributed by atoms with Crippen molar-refractivity contribution in [3.63, 3.8) is 0 Å². The van der Waals surface area contributed by atoms with Gasteiger partial charge in [0.15, 0.2) is 0 Å². The first kappa shape index (κ1) is 16.4. The smallest absolute Gasteiger partial charge is 0.0713 e. The highest BCUT2D eigenvalue weighted by atomic mass is 16.5. The molecule has 1 aromatic carbocycles. The number of benzene rings is 1. The van der Waals surface area contributed by atoms with E-state index in [-0.39, 0.29) is 6.04 Å². The maximum Gasteiger partial charge on any atom is 0.0713 e. The lowest BCUT2D eigenvalue weighted by Crippen LogP contribution is -2.36. The number of nitrogens with two attached hydrogens (primary N) is 1. The van der Waals surface area contributed by atoms with Crippen LogP contribution in [0.25, 0.3) is 0 Å². The molecule has 1 aromatic rings. The van der Waals surface area contributed by atoms with E-state index in [9.17, 15) is 0 Å². The van der Waals surface area contributed by atoms with Crippen molar-refractivity contribution in [2.75, 3.05) is 40.5 Å². The molecule has 4 heteroatoms. The maximum absolute atomic E-state index is 6.03. The van der Waals surface area contributed by atoms with Gasteiger partial charge >= 0.3 is 0 Å². The van der Waals surface area contributed by atoms with E-state index >= 15 is 0 Å². The molecule has 1 aliphatic rings. The van der Waals surface area contributed by atoms with E-state index in [4.69, 9.17) is 15.2 Å². The predicted octanol–water partition coefficient (Wildman–Crippen LogP) is 2.19. The molecule has 0 spiro atoms. The molecule has 0 aliphatic carbocycles. The molecule has 2 atom stereocenters. The minimum atomic E-state index is 0.253. The molecule has 118 valence electrons. The number of rotatable bonds is 7. The summed E-state index contributed by atoms with van der Waals surface area (Å²) in [7, 11) is 3.89. The molecule has 2 rings (SSSR count). The molecule has 2 unspecified atom stereocenters. The van der Waals surface area contributed by atoms with Crippen molar-refractivity contribution in [1.29, 1.82) is 0 Å². The van der Waals surface area contributed by atoms with Crippen molar-refractivity contribution in [1.82, 2.24) is 4.90 Å². The van der Waals surface area contributed by atoms with E-state index < -0.39 is 0 Å². The van der Waals surface area contributed by atoms with Crippen molar-refractivity contribution in [2.45, 2.75) is 25.5 Å². The molecule has 0 bridgehead atoms. The van der Waals surface area contributed by atoms with Crippen LogP contribution in [-0.2, 0) is 16.1 Å². The van der Waals surface area contributed by atoms with Gasteiger partial charge in [-0.2, -0.15) is 0 Å². The highest BCUT2D eigenvalue weighted by Crippen LogP contribution is 2.23. The van der Waals surface area contributed by atoms with Gasteiger partial charge in [0.25, 0.3) is 0 Å². The van der Waals surface area contributed by atoms with Crippen LogP contribution in [0.2, 0.25) is 0 Å². The molecule has 0 saturated carbocycles. The number of methoxy groups -OCH3 is 1. The molecule has 0 amide bonds. The van der Waals surface area contributed by atoms with Crippen molar-refractivity contribution < 1.29 is 9.47 Å². The zero-order valence-electron chi connectivity index (χ0n) is 13.3. The van der Waals surface area contributed by atoms with Gasteiger partial charge in [0.05, 0.1) is 13.2 Å². The van der Waals surface area contributed by atoms with Gasteiger partial charge in [0.2, 0.25) is 0 Å². The summed E-state index contributed by atoms with van der Waals surface area (Å²) in [6.07, 6.45) is 2.43. The standard InChI is InChI=1S/C17H28N2O2/c1-19(11-15-6-4-8-21-13-15)17(10-18)16-7-3-5-14(9-16)12-20-2/h3,5,7,9,15,17H,4,6,8,10-13,18H2,1-2H3. The fourth-order valence-corrected chi connectivity index (χ4v) is 3.11. The topological polar surface area (TPSA) is 47.7 Å². The first-order valence-corrected chi connectivity index (χ1v) is 7.80. The zero-order chi connectivity index (χ0) is 15.1. The lowest BCUT2D eigenvalue weighted by Gasteiger charge is -2.32. The van der Waals surface area contributed by atoms with Crippen LogP contribution in [0.4, 0.5) is 0 Å². The average molecular weight is 292 g/mol. The number of hydrogen-bond donors (Lipinski definition) is 1. The SMILES string of the molecule is COCc1cccc(C(CN)N(C)CC2CCCOC2)c1. The van der Waals surface area contributed by atoms with Gasteiger partial charge in [-0.05, 0) is 36.9 Å². The number of hydrogen-bond acceptors (Lipinski definition) is 4. The first-order valence-electron chi connectivity index (χ1n) is 7.80. The van der Waals surface area contributed by atoms with Crippen molar-refractivity contribution in [3.05, 3.63) is 35.4 Å². The summed E-state index contributed by atoms with van der Waals surface area (Å²) in [5.41, 5.74) is 8.50. The van der Waals surface area contributed by atoms with E-state index in [1.54, 1.807) is 7.11 Å². The lowest BCUT2D eigenvalue weighted by molar-refractivity contribution is 0.0365. The summed E-state index contributed by atoms with van der Waals surface area (Å²) < 4.78 is 10.8. The normalized spacial score (nSPS) is 20.7.